The molecule has 1 unspecified atom stereocenters. The molecule has 45 heavy (non-hydrogen) atoms. The van der Waals surface area contributed by atoms with Crippen molar-refractivity contribution >= 4 is 22.5 Å². The zero-order chi connectivity index (χ0) is 32.4. The van der Waals surface area contributed by atoms with E-state index in [1.54, 1.807) is 6.08 Å². The fourth-order valence-corrected chi connectivity index (χ4v) is 6.37. The second-order valence-corrected chi connectivity index (χ2v) is 10.8. The van der Waals surface area contributed by atoms with Crippen molar-refractivity contribution in [2.45, 2.75) is 40.0 Å². The molecular formula is C44H45N. The second kappa shape index (κ2) is 15.0. The van der Waals surface area contributed by atoms with Crippen LogP contribution in [0.2, 0.25) is 0 Å². The number of hydrogen-bond acceptors (Lipinski definition) is 1. The Labute approximate surface area is 271 Å². The highest BCUT2D eigenvalue weighted by molar-refractivity contribution is 5.88. The lowest BCUT2D eigenvalue weighted by molar-refractivity contribution is 0.739. The maximum Gasteiger partial charge on any atom is 0.0670 e. The Morgan fingerprint density at radius 1 is 0.733 bits per heavy atom. The molecule has 1 atom stereocenters. The quantitative estimate of drug-likeness (QED) is 0.182. The third kappa shape index (κ3) is 6.40. The van der Waals surface area contributed by atoms with Crippen molar-refractivity contribution in [3.8, 4) is 11.1 Å². The maximum absolute atomic E-state index is 4.04. The molecule has 0 heterocycles. The Morgan fingerprint density at radius 3 is 1.91 bits per heavy atom. The van der Waals surface area contributed by atoms with E-state index < -0.39 is 5.41 Å². The first-order valence-corrected chi connectivity index (χ1v) is 15.7. The molecule has 0 aromatic heterocycles. The van der Waals surface area contributed by atoms with E-state index in [1.165, 1.54) is 44.5 Å². The van der Waals surface area contributed by atoms with Crippen LogP contribution >= 0.6 is 0 Å². The van der Waals surface area contributed by atoms with Crippen molar-refractivity contribution in [3.05, 3.63) is 193 Å². The highest BCUT2D eigenvalue weighted by atomic mass is 14.9. The van der Waals surface area contributed by atoms with Crippen LogP contribution in [-0.2, 0) is 5.41 Å². The molecule has 1 N–H and O–H groups in total. The molecule has 0 spiro atoms. The molecule has 1 nitrogen and oxygen atoms in total. The Balaban J connectivity index is 0.00000226. The Hall–Kier alpha value is -5.14. The van der Waals surface area contributed by atoms with Crippen molar-refractivity contribution in [2.75, 3.05) is 5.32 Å². The topological polar surface area (TPSA) is 12.0 Å². The molecule has 1 heteroatoms. The molecule has 0 saturated heterocycles. The number of allylic oxidation sites excluding steroid dienone is 11. The molecule has 1 aliphatic rings. The molecule has 0 saturated carbocycles. The highest BCUT2D eigenvalue weighted by Crippen LogP contribution is 2.55. The van der Waals surface area contributed by atoms with Crippen LogP contribution in [0, 0.1) is 0 Å². The second-order valence-electron chi connectivity index (χ2n) is 10.8. The van der Waals surface area contributed by atoms with Crippen LogP contribution in [0.15, 0.2) is 170 Å². The minimum atomic E-state index is -0.391. The van der Waals surface area contributed by atoms with Crippen LogP contribution in [0.1, 0.15) is 56.9 Å². The Kier molecular flexibility index (Phi) is 11.0. The highest BCUT2D eigenvalue weighted by Gasteiger charge is 2.45. The molecule has 0 amide bonds. The van der Waals surface area contributed by atoms with Gasteiger partial charge in [-0.2, -0.15) is 0 Å². The van der Waals surface area contributed by atoms with E-state index in [2.05, 4.69) is 161 Å². The van der Waals surface area contributed by atoms with Gasteiger partial charge in [0.15, 0.2) is 0 Å². The molecular weight excluding hydrogens is 542 g/mol. The lowest BCUT2D eigenvalue weighted by Gasteiger charge is -2.35. The zero-order valence-corrected chi connectivity index (χ0v) is 27.4. The third-order valence-electron chi connectivity index (χ3n) is 8.38. The van der Waals surface area contributed by atoms with E-state index >= 15 is 0 Å². The van der Waals surface area contributed by atoms with Crippen LogP contribution in [0.3, 0.4) is 0 Å². The predicted molar refractivity (Wildman–Crippen MR) is 200 cm³/mol. The van der Waals surface area contributed by atoms with Gasteiger partial charge in [0.25, 0.3) is 0 Å². The van der Waals surface area contributed by atoms with Gasteiger partial charge in [-0.25, -0.2) is 0 Å². The van der Waals surface area contributed by atoms with E-state index in [-0.39, 0.29) is 0 Å². The molecule has 5 rings (SSSR count). The molecule has 0 aliphatic heterocycles. The van der Waals surface area contributed by atoms with Gasteiger partial charge in [-0.3, -0.25) is 0 Å². The van der Waals surface area contributed by atoms with Gasteiger partial charge in [0.05, 0.1) is 5.41 Å². The van der Waals surface area contributed by atoms with Crippen molar-refractivity contribution < 1.29 is 0 Å². The summed E-state index contributed by atoms with van der Waals surface area (Å²) in [5.41, 5.74) is 14.0. The summed E-state index contributed by atoms with van der Waals surface area (Å²) in [5, 5.41) is 3.53. The van der Waals surface area contributed by atoms with Crippen LogP contribution in [0.4, 0.5) is 11.4 Å². The summed E-state index contributed by atoms with van der Waals surface area (Å²) >= 11 is 0. The number of rotatable bonds is 10. The van der Waals surface area contributed by atoms with E-state index in [0.717, 1.165) is 22.5 Å². The van der Waals surface area contributed by atoms with E-state index in [0.29, 0.717) is 0 Å². The minimum Gasteiger partial charge on any atom is -0.356 e. The van der Waals surface area contributed by atoms with Gasteiger partial charge >= 0.3 is 0 Å². The summed E-state index contributed by atoms with van der Waals surface area (Å²) in [6, 6.07) is 34.8. The van der Waals surface area contributed by atoms with Crippen LogP contribution < -0.4 is 5.32 Å². The molecule has 0 bridgehead atoms. The summed E-state index contributed by atoms with van der Waals surface area (Å²) in [5.74, 6) is 0. The fourth-order valence-electron chi connectivity index (χ4n) is 6.37. The van der Waals surface area contributed by atoms with Gasteiger partial charge < -0.3 is 5.32 Å². The monoisotopic (exact) mass is 587 g/mol. The van der Waals surface area contributed by atoms with Crippen molar-refractivity contribution in [1.29, 1.82) is 0 Å². The minimum absolute atomic E-state index is 0.391. The van der Waals surface area contributed by atoms with Crippen molar-refractivity contribution in [1.82, 2.24) is 0 Å². The van der Waals surface area contributed by atoms with Crippen LogP contribution in [-0.4, -0.2) is 0 Å². The number of hydrogen-bond donors (Lipinski definition) is 1. The molecule has 4 aromatic carbocycles. The van der Waals surface area contributed by atoms with Gasteiger partial charge in [-0.05, 0) is 101 Å². The van der Waals surface area contributed by atoms with Gasteiger partial charge in [0.2, 0.25) is 0 Å². The molecule has 4 aromatic rings. The number of fused-ring (bicyclic) bond motifs is 1. The summed E-state index contributed by atoms with van der Waals surface area (Å²) in [6.07, 6.45) is 14.1. The molecule has 1 aliphatic carbocycles. The summed E-state index contributed by atoms with van der Waals surface area (Å²) < 4.78 is 0. The normalized spacial score (nSPS) is 16.1. The van der Waals surface area contributed by atoms with Crippen LogP contribution in [0.25, 0.3) is 22.3 Å². The van der Waals surface area contributed by atoms with Crippen LogP contribution in [0.5, 0.6) is 0 Å². The van der Waals surface area contributed by atoms with Crippen molar-refractivity contribution in [2.24, 2.45) is 0 Å². The first-order valence-electron chi connectivity index (χ1n) is 15.7. The van der Waals surface area contributed by atoms with E-state index in [9.17, 15) is 0 Å². The van der Waals surface area contributed by atoms with Gasteiger partial charge in [-0.15, -0.1) is 0 Å². The van der Waals surface area contributed by atoms with Gasteiger partial charge in [-0.1, -0.05) is 148 Å². The Bertz CT molecular complexity index is 1770. The number of benzene rings is 4. The standard InChI is InChI=1S/C42H39N.C2H6/c1-7-14-30(5)42(36-17-12-11-13-18-36)40(16-9-3)31(6)39-28-23-35(29-41(39)42)34-21-26-38(27-22-34)43-37-24-19-33(20-25-37)32(10-4)15-8-2;1-2/h7-29,43H,1-2,4H2,3,5-6H3;1-2H3/b16-9-,30-14+,32-15+;. The summed E-state index contributed by atoms with van der Waals surface area (Å²) in [4.78, 5) is 0. The summed E-state index contributed by atoms with van der Waals surface area (Å²) in [6.45, 7) is 22.3. The maximum atomic E-state index is 4.04. The van der Waals surface area contributed by atoms with Gasteiger partial charge in [0, 0.05) is 11.4 Å². The van der Waals surface area contributed by atoms with E-state index in [1.807, 2.05) is 32.1 Å². The van der Waals surface area contributed by atoms with Gasteiger partial charge in [0.1, 0.15) is 0 Å². The summed E-state index contributed by atoms with van der Waals surface area (Å²) in [7, 11) is 0. The zero-order valence-electron chi connectivity index (χ0n) is 27.4. The Morgan fingerprint density at radius 2 is 1.33 bits per heavy atom. The average molecular weight is 588 g/mol. The average Bonchev–Trinajstić information content (AvgIpc) is 3.33. The fraction of sp³-hybridized carbons (Fsp3) is 0.136. The molecule has 0 radical (unpaired) electrons. The lowest BCUT2D eigenvalue weighted by Crippen LogP contribution is -2.29. The first-order chi connectivity index (χ1) is 22.0. The molecule has 0 fully saturated rings. The smallest absolute Gasteiger partial charge is 0.0670 e. The lowest BCUT2D eigenvalue weighted by atomic mass is 9.66. The van der Waals surface area contributed by atoms with E-state index in [4.69, 9.17) is 0 Å². The third-order valence-corrected chi connectivity index (χ3v) is 8.38. The SMILES string of the molecule is C=C/C=C(\C=C)c1ccc(Nc2ccc(-c3ccc4c(c3)C(/C(C)=C/C=C)(c3ccccc3)C(/C=C\C)=C4C)cc2)cc1.CC. The largest absolute Gasteiger partial charge is 0.356 e. The molecule has 226 valence electrons. The van der Waals surface area contributed by atoms with Crippen molar-refractivity contribution in [3.63, 3.8) is 0 Å². The first kappa shape index (κ1) is 32.8. The number of nitrogens with one attached hydrogen (secondary N) is 1. The predicted octanol–water partition coefficient (Wildman–Crippen LogP) is 12.7. The number of anilines is 2.